The molecule has 8 nitrogen and oxygen atoms in total. The van der Waals surface area contributed by atoms with Crippen molar-refractivity contribution in [2.75, 3.05) is 14.2 Å². The first-order chi connectivity index (χ1) is 16.0. The van der Waals surface area contributed by atoms with Crippen LogP contribution in [0.25, 0.3) is 0 Å². The summed E-state index contributed by atoms with van der Waals surface area (Å²) in [5.41, 5.74) is 6.48. The third-order valence-corrected chi connectivity index (χ3v) is 5.24. The molecule has 3 N–H and O–H groups in total. The van der Waals surface area contributed by atoms with Gasteiger partial charge in [-0.1, -0.05) is 12.1 Å². The lowest BCUT2D eigenvalue weighted by molar-refractivity contribution is -0.121. The van der Waals surface area contributed by atoms with E-state index in [0.29, 0.717) is 46.9 Å². The number of benzene rings is 3. The topological polar surface area (TPSA) is 113 Å². The van der Waals surface area contributed by atoms with Gasteiger partial charge in [0.1, 0.15) is 11.5 Å². The molecule has 1 aliphatic rings. The van der Waals surface area contributed by atoms with Gasteiger partial charge in [-0.3, -0.25) is 4.79 Å². The minimum absolute atomic E-state index is 0.0485. The zero-order valence-electron chi connectivity index (χ0n) is 18.2. The first-order valence-electron chi connectivity index (χ1n) is 10.3. The van der Waals surface area contributed by atoms with Gasteiger partial charge in [0, 0.05) is 30.0 Å². The minimum atomic E-state index is -0.104. The molecule has 0 aliphatic carbocycles. The normalized spacial score (nSPS) is 13.8. The maximum Gasteiger partial charge on any atom is 0.240 e. The Kier molecular flexibility index (Phi) is 6.26. The van der Waals surface area contributed by atoms with Gasteiger partial charge in [-0.05, 0) is 48.0 Å². The molecule has 0 bridgehead atoms. The Morgan fingerprint density at radius 2 is 1.70 bits per heavy atom. The SMILES string of the molecule is COc1ccc(C(=Nc2ccc(C3=NNC(=O)CC3)cc2)c2ccc(O)cc2O)cc1OC. The van der Waals surface area contributed by atoms with E-state index in [2.05, 4.69) is 10.5 Å². The molecule has 1 heterocycles. The molecule has 8 heteroatoms. The van der Waals surface area contributed by atoms with Crippen LogP contribution in [0.15, 0.2) is 70.8 Å². The highest BCUT2D eigenvalue weighted by Crippen LogP contribution is 2.32. The van der Waals surface area contributed by atoms with Gasteiger partial charge in [0.05, 0.1) is 31.3 Å². The van der Waals surface area contributed by atoms with Crippen molar-refractivity contribution >= 4 is 23.0 Å². The minimum Gasteiger partial charge on any atom is -0.508 e. The summed E-state index contributed by atoms with van der Waals surface area (Å²) in [4.78, 5) is 16.1. The lowest BCUT2D eigenvalue weighted by Gasteiger charge is -2.14. The number of phenolic OH excluding ortho intramolecular Hbond substituents is 2. The Bertz CT molecular complexity index is 1250. The number of amides is 1. The van der Waals surface area contributed by atoms with Crippen molar-refractivity contribution in [2.45, 2.75) is 12.8 Å². The summed E-state index contributed by atoms with van der Waals surface area (Å²) in [5.74, 6) is 0.849. The Morgan fingerprint density at radius 1 is 0.939 bits per heavy atom. The Morgan fingerprint density at radius 3 is 2.33 bits per heavy atom. The molecule has 0 unspecified atom stereocenters. The summed E-state index contributed by atoms with van der Waals surface area (Å²) in [6.45, 7) is 0. The number of hydrazone groups is 1. The zero-order valence-corrected chi connectivity index (χ0v) is 18.2. The van der Waals surface area contributed by atoms with Gasteiger partial charge in [0.2, 0.25) is 5.91 Å². The molecule has 1 aliphatic heterocycles. The number of methoxy groups -OCH3 is 2. The number of hydrogen-bond donors (Lipinski definition) is 3. The van der Waals surface area contributed by atoms with Gasteiger partial charge >= 0.3 is 0 Å². The summed E-state index contributed by atoms with van der Waals surface area (Å²) in [7, 11) is 3.10. The Hall–Kier alpha value is -4.33. The summed E-state index contributed by atoms with van der Waals surface area (Å²) in [6, 6.07) is 17.2. The zero-order chi connectivity index (χ0) is 23.4. The average Bonchev–Trinajstić information content (AvgIpc) is 2.83. The van der Waals surface area contributed by atoms with Crippen LogP contribution < -0.4 is 14.9 Å². The smallest absolute Gasteiger partial charge is 0.240 e. The van der Waals surface area contributed by atoms with Crippen LogP contribution in [0.2, 0.25) is 0 Å². The van der Waals surface area contributed by atoms with Crippen molar-refractivity contribution in [3.05, 3.63) is 77.4 Å². The van der Waals surface area contributed by atoms with Crippen LogP contribution in [-0.2, 0) is 4.79 Å². The predicted molar refractivity (Wildman–Crippen MR) is 125 cm³/mol. The van der Waals surface area contributed by atoms with Crippen molar-refractivity contribution in [3.8, 4) is 23.0 Å². The number of nitrogens with one attached hydrogen (secondary N) is 1. The number of rotatable bonds is 6. The van der Waals surface area contributed by atoms with E-state index in [9.17, 15) is 15.0 Å². The fraction of sp³-hybridized carbons (Fsp3) is 0.160. The van der Waals surface area contributed by atoms with Crippen LogP contribution >= 0.6 is 0 Å². The molecule has 0 atom stereocenters. The van der Waals surface area contributed by atoms with E-state index in [1.807, 2.05) is 30.3 Å². The van der Waals surface area contributed by atoms with E-state index < -0.39 is 0 Å². The number of carbonyl (C=O) groups excluding carboxylic acids is 1. The summed E-state index contributed by atoms with van der Waals surface area (Å²) < 4.78 is 10.8. The van der Waals surface area contributed by atoms with E-state index in [0.717, 1.165) is 11.3 Å². The van der Waals surface area contributed by atoms with Crippen molar-refractivity contribution in [3.63, 3.8) is 0 Å². The van der Waals surface area contributed by atoms with Gasteiger partial charge in [0.15, 0.2) is 11.5 Å². The number of ether oxygens (including phenoxy) is 2. The lowest BCUT2D eigenvalue weighted by Crippen LogP contribution is -2.25. The highest BCUT2D eigenvalue weighted by molar-refractivity contribution is 6.16. The van der Waals surface area contributed by atoms with Crippen LogP contribution in [0.1, 0.15) is 29.5 Å². The monoisotopic (exact) mass is 445 g/mol. The first-order valence-corrected chi connectivity index (χ1v) is 10.3. The van der Waals surface area contributed by atoms with E-state index in [-0.39, 0.29) is 17.4 Å². The van der Waals surface area contributed by atoms with Gasteiger partial charge in [-0.15, -0.1) is 0 Å². The number of carbonyl (C=O) groups is 1. The highest BCUT2D eigenvalue weighted by Gasteiger charge is 2.16. The lowest BCUT2D eigenvalue weighted by atomic mass is 10.00. The molecule has 1 amide bonds. The average molecular weight is 445 g/mol. The first kappa shape index (κ1) is 21.9. The van der Waals surface area contributed by atoms with Crippen LogP contribution in [0, 0.1) is 0 Å². The van der Waals surface area contributed by atoms with Crippen molar-refractivity contribution in [2.24, 2.45) is 10.1 Å². The van der Waals surface area contributed by atoms with Crippen LogP contribution in [0.3, 0.4) is 0 Å². The van der Waals surface area contributed by atoms with Crippen LogP contribution in [0.5, 0.6) is 23.0 Å². The van der Waals surface area contributed by atoms with Gasteiger partial charge in [0.25, 0.3) is 0 Å². The van der Waals surface area contributed by atoms with Crippen molar-refractivity contribution in [1.82, 2.24) is 5.43 Å². The molecule has 3 aromatic rings. The van der Waals surface area contributed by atoms with Gasteiger partial charge in [-0.25, -0.2) is 10.4 Å². The standard InChI is InChI=1S/C25H23N3O5/c1-32-22-11-5-16(13-23(22)33-2)25(19-9-8-18(29)14-21(19)30)26-17-6-3-15(4-7-17)20-10-12-24(31)28-27-20/h3-9,11,13-14,29-30H,10,12H2,1-2H3,(H,28,31). The predicted octanol–water partition coefficient (Wildman–Crippen LogP) is 3.90. The number of nitrogens with zero attached hydrogens (tertiary/aromatic N) is 2. The highest BCUT2D eigenvalue weighted by atomic mass is 16.5. The van der Waals surface area contributed by atoms with Gasteiger partial charge < -0.3 is 19.7 Å². The second-order valence-electron chi connectivity index (χ2n) is 7.37. The molecule has 0 saturated heterocycles. The van der Waals surface area contributed by atoms with E-state index >= 15 is 0 Å². The summed E-state index contributed by atoms with van der Waals surface area (Å²) in [6.07, 6.45) is 0.981. The molecule has 4 rings (SSSR count). The van der Waals surface area contributed by atoms with Crippen LogP contribution in [0.4, 0.5) is 5.69 Å². The fourth-order valence-corrected chi connectivity index (χ4v) is 3.52. The molecule has 0 spiro atoms. The van der Waals surface area contributed by atoms with E-state index in [1.165, 1.54) is 12.1 Å². The summed E-state index contributed by atoms with van der Waals surface area (Å²) in [5, 5.41) is 24.4. The molecular weight excluding hydrogens is 422 g/mol. The molecule has 3 aromatic carbocycles. The quantitative estimate of drug-likeness (QED) is 0.498. The Balaban J connectivity index is 1.77. The van der Waals surface area contributed by atoms with Crippen molar-refractivity contribution < 1.29 is 24.5 Å². The third-order valence-electron chi connectivity index (χ3n) is 5.24. The molecule has 168 valence electrons. The Labute approximate surface area is 190 Å². The number of phenols is 2. The van der Waals surface area contributed by atoms with E-state index in [4.69, 9.17) is 14.5 Å². The maximum absolute atomic E-state index is 11.3. The van der Waals surface area contributed by atoms with Crippen molar-refractivity contribution in [1.29, 1.82) is 0 Å². The molecule has 0 aromatic heterocycles. The number of aliphatic imine (C=N–C) groups is 1. The molecule has 33 heavy (non-hydrogen) atoms. The molecular formula is C25H23N3O5. The number of aromatic hydroxyl groups is 2. The molecule has 0 radical (unpaired) electrons. The largest absolute Gasteiger partial charge is 0.508 e. The third kappa shape index (κ3) is 4.79. The fourth-order valence-electron chi connectivity index (χ4n) is 3.52. The second-order valence-corrected chi connectivity index (χ2v) is 7.37. The maximum atomic E-state index is 11.3. The van der Waals surface area contributed by atoms with E-state index in [1.54, 1.807) is 32.4 Å². The molecule has 0 saturated carbocycles. The summed E-state index contributed by atoms with van der Waals surface area (Å²) >= 11 is 0. The second kappa shape index (κ2) is 9.44. The molecule has 0 fully saturated rings. The van der Waals surface area contributed by atoms with Crippen LogP contribution in [-0.4, -0.2) is 41.8 Å². The van der Waals surface area contributed by atoms with Gasteiger partial charge in [-0.2, -0.15) is 5.10 Å². The number of hydrogen-bond acceptors (Lipinski definition) is 7.